The summed E-state index contributed by atoms with van der Waals surface area (Å²) in [4.78, 5) is 11.3. The number of phenols is 1. The van der Waals surface area contributed by atoms with Crippen LogP contribution in [0.4, 0.5) is 0 Å². The van der Waals surface area contributed by atoms with Gasteiger partial charge < -0.3 is 5.11 Å². The van der Waals surface area contributed by atoms with Crippen LogP contribution >= 0.6 is 10.7 Å². The largest absolute Gasteiger partial charge is 0.507 e. The third-order valence-corrected chi connectivity index (χ3v) is 3.80. The molecule has 0 saturated carbocycles. The number of carbonyl (C=O) groups is 1. The fourth-order valence-electron chi connectivity index (χ4n) is 1.77. The van der Waals surface area contributed by atoms with Crippen molar-refractivity contribution in [1.82, 2.24) is 0 Å². The average Bonchev–Trinajstić information content (AvgIpc) is 2.47. The van der Waals surface area contributed by atoms with Crippen molar-refractivity contribution in [3.05, 3.63) is 23.3 Å². The van der Waals surface area contributed by atoms with Crippen molar-refractivity contribution >= 4 is 25.5 Å². The summed E-state index contributed by atoms with van der Waals surface area (Å²) in [6.45, 7) is 0. The topological polar surface area (TPSA) is 71.4 Å². The van der Waals surface area contributed by atoms with Crippen LogP contribution < -0.4 is 0 Å². The van der Waals surface area contributed by atoms with Gasteiger partial charge in [0.2, 0.25) is 0 Å². The highest BCUT2D eigenvalue weighted by Gasteiger charge is 2.29. The molecule has 0 amide bonds. The van der Waals surface area contributed by atoms with Crippen LogP contribution in [-0.2, 0) is 15.5 Å². The summed E-state index contributed by atoms with van der Waals surface area (Å²) in [7, 11) is 1.36. The third-order valence-electron chi connectivity index (χ3n) is 2.39. The number of carbonyl (C=O) groups excluding carboxylic acids is 1. The van der Waals surface area contributed by atoms with Crippen molar-refractivity contribution in [3.8, 4) is 5.75 Å². The molecular weight excluding hydrogens is 240 g/mol. The number of halogens is 1. The van der Waals surface area contributed by atoms with Gasteiger partial charge >= 0.3 is 0 Å². The van der Waals surface area contributed by atoms with E-state index in [2.05, 4.69) is 0 Å². The Morgan fingerprint density at radius 3 is 2.53 bits per heavy atom. The molecule has 0 atom stereocenters. The monoisotopic (exact) mass is 246 g/mol. The first-order valence-corrected chi connectivity index (χ1v) is 6.55. The van der Waals surface area contributed by atoms with Crippen molar-refractivity contribution in [3.63, 3.8) is 0 Å². The summed E-state index contributed by atoms with van der Waals surface area (Å²) in [5.41, 5.74) is 0.423. The van der Waals surface area contributed by atoms with Crippen molar-refractivity contribution in [1.29, 1.82) is 0 Å². The molecule has 0 radical (unpaired) electrons. The van der Waals surface area contributed by atoms with Crippen LogP contribution in [0.5, 0.6) is 5.75 Å². The summed E-state index contributed by atoms with van der Waals surface area (Å²) in [5, 5.41) is 9.43. The van der Waals surface area contributed by atoms with E-state index in [0.717, 1.165) is 0 Å². The van der Waals surface area contributed by atoms with Crippen molar-refractivity contribution in [2.45, 2.75) is 17.7 Å². The number of hydrogen-bond donors (Lipinski definition) is 1. The normalized spacial score (nSPS) is 15.4. The Balaban J connectivity index is 2.79. The number of fused-ring (bicyclic) bond motifs is 1. The molecule has 0 heterocycles. The number of ketones is 1. The van der Waals surface area contributed by atoms with E-state index in [1.165, 1.54) is 12.1 Å². The lowest BCUT2D eigenvalue weighted by molar-refractivity contribution is 0.0992. The van der Waals surface area contributed by atoms with Crippen LogP contribution in [0.3, 0.4) is 0 Å². The summed E-state index contributed by atoms with van der Waals surface area (Å²) >= 11 is 0. The predicted molar refractivity (Wildman–Crippen MR) is 53.8 cm³/mol. The molecule has 0 spiro atoms. The van der Waals surface area contributed by atoms with E-state index in [0.29, 0.717) is 12.0 Å². The smallest absolute Gasteiger partial charge is 0.261 e. The number of rotatable bonds is 1. The van der Waals surface area contributed by atoms with E-state index in [4.69, 9.17) is 10.7 Å². The van der Waals surface area contributed by atoms with Crippen molar-refractivity contribution < 1.29 is 18.3 Å². The lowest BCUT2D eigenvalue weighted by Gasteiger charge is -2.05. The fourth-order valence-corrected chi connectivity index (χ4v) is 2.93. The van der Waals surface area contributed by atoms with E-state index in [9.17, 15) is 18.3 Å². The molecule has 80 valence electrons. The molecule has 4 nitrogen and oxygen atoms in total. The minimum Gasteiger partial charge on any atom is -0.507 e. The maximum absolute atomic E-state index is 11.4. The highest BCUT2D eigenvalue weighted by atomic mass is 35.7. The first-order valence-electron chi connectivity index (χ1n) is 4.24. The van der Waals surface area contributed by atoms with E-state index in [1.807, 2.05) is 0 Å². The Morgan fingerprint density at radius 1 is 1.27 bits per heavy atom. The first kappa shape index (κ1) is 10.4. The number of phenolic OH excluding ortho intramolecular Hbond substituents is 1. The minimum absolute atomic E-state index is 0.0807. The molecule has 1 N–H and O–H groups in total. The lowest BCUT2D eigenvalue weighted by atomic mass is 10.1. The molecule has 1 aliphatic carbocycles. The number of benzene rings is 1. The van der Waals surface area contributed by atoms with E-state index in [1.54, 1.807) is 0 Å². The van der Waals surface area contributed by atoms with Gasteiger partial charge in [-0.05, 0) is 24.1 Å². The summed E-state index contributed by atoms with van der Waals surface area (Å²) in [5.74, 6) is -0.429. The summed E-state index contributed by atoms with van der Waals surface area (Å²) in [6, 6.07) is 2.40. The van der Waals surface area contributed by atoms with E-state index < -0.39 is 9.05 Å². The summed E-state index contributed by atoms with van der Waals surface area (Å²) < 4.78 is 22.4. The molecule has 0 aliphatic heterocycles. The Kier molecular flexibility index (Phi) is 2.24. The van der Waals surface area contributed by atoms with Gasteiger partial charge in [-0.2, -0.15) is 0 Å². The van der Waals surface area contributed by atoms with Crippen molar-refractivity contribution in [2.24, 2.45) is 0 Å². The molecule has 0 saturated heterocycles. The zero-order valence-electron chi connectivity index (χ0n) is 7.53. The molecule has 1 aliphatic rings. The molecule has 6 heteroatoms. The van der Waals surface area contributed by atoms with Gasteiger partial charge in [-0.15, -0.1) is 0 Å². The maximum Gasteiger partial charge on any atom is 0.261 e. The zero-order chi connectivity index (χ0) is 11.2. The zero-order valence-corrected chi connectivity index (χ0v) is 9.10. The van der Waals surface area contributed by atoms with Crippen LogP contribution in [0.25, 0.3) is 0 Å². The maximum atomic E-state index is 11.4. The second-order valence-electron chi connectivity index (χ2n) is 3.30. The van der Waals surface area contributed by atoms with E-state index in [-0.39, 0.29) is 28.4 Å². The molecule has 0 unspecified atom stereocenters. The lowest BCUT2D eigenvalue weighted by Crippen LogP contribution is -1.99. The van der Waals surface area contributed by atoms with Gasteiger partial charge in [0.25, 0.3) is 9.05 Å². The van der Waals surface area contributed by atoms with Crippen LogP contribution in [0.1, 0.15) is 22.3 Å². The molecule has 15 heavy (non-hydrogen) atoms. The van der Waals surface area contributed by atoms with Gasteiger partial charge in [0.1, 0.15) is 5.75 Å². The SMILES string of the molecule is O=C1CCc2c(S(=O)(=O)Cl)ccc(O)c21. The van der Waals surface area contributed by atoms with Gasteiger partial charge in [0.05, 0.1) is 10.5 Å². The first-order chi connectivity index (χ1) is 6.91. The standard InChI is InChI=1S/C9H7ClO4S/c10-15(13,14)8-4-3-7(12)9-5(8)1-2-6(9)11/h3-4,12H,1-2H2. The van der Waals surface area contributed by atoms with Crippen LogP contribution in [0.2, 0.25) is 0 Å². The Hall–Kier alpha value is -1.07. The molecule has 1 aromatic rings. The van der Waals surface area contributed by atoms with Gasteiger partial charge in [0, 0.05) is 17.1 Å². The average molecular weight is 247 g/mol. The van der Waals surface area contributed by atoms with Crippen LogP contribution in [0, 0.1) is 0 Å². The van der Waals surface area contributed by atoms with Gasteiger partial charge in [-0.25, -0.2) is 8.42 Å². The summed E-state index contributed by atoms with van der Waals surface area (Å²) in [6.07, 6.45) is 0.524. The fraction of sp³-hybridized carbons (Fsp3) is 0.222. The Labute approximate surface area is 90.9 Å². The van der Waals surface area contributed by atoms with Gasteiger partial charge in [-0.3, -0.25) is 4.79 Å². The molecule has 0 bridgehead atoms. The molecule has 0 fully saturated rings. The molecule has 2 rings (SSSR count). The highest BCUT2D eigenvalue weighted by Crippen LogP contribution is 2.35. The second-order valence-corrected chi connectivity index (χ2v) is 5.83. The predicted octanol–water partition coefficient (Wildman–Crippen LogP) is 1.45. The highest BCUT2D eigenvalue weighted by molar-refractivity contribution is 8.13. The molecule has 1 aromatic carbocycles. The number of aromatic hydroxyl groups is 1. The van der Waals surface area contributed by atoms with Crippen LogP contribution in [-0.4, -0.2) is 19.3 Å². The van der Waals surface area contributed by atoms with Gasteiger partial charge in [0.15, 0.2) is 5.78 Å². The molecule has 0 aromatic heterocycles. The second kappa shape index (κ2) is 3.21. The Morgan fingerprint density at radius 2 is 1.93 bits per heavy atom. The van der Waals surface area contributed by atoms with Crippen molar-refractivity contribution in [2.75, 3.05) is 0 Å². The van der Waals surface area contributed by atoms with Gasteiger partial charge in [-0.1, -0.05) is 0 Å². The van der Waals surface area contributed by atoms with E-state index >= 15 is 0 Å². The van der Waals surface area contributed by atoms with Crippen LogP contribution in [0.15, 0.2) is 17.0 Å². The number of Topliss-reactive ketones (excluding diaryl/α,β-unsaturated/α-hetero) is 1. The molecular formula is C9H7ClO4S. The quantitative estimate of drug-likeness (QED) is 0.762. The third kappa shape index (κ3) is 1.61. The Bertz CT molecular complexity index is 547. The number of hydrogen-bond acceptors (Lipinski definition) is 4. The minimum atomic E-state index is -3.86.